The fraction of sp³-hybridized carbons (Fsp3) is 0.231. The average molecular weight is 542 g/mol. The van der Waals surface area contributed by atoms with Crippen LogP contribution in [0.1, 0.15) is 22.6 Å². The average Bonchev–Trinajstić information content (AvgIpc) is 2.82. The third-order valence-corrected chi connectivity index (χ3v) is 5.05. The second-order valence-electron chi connectivity index (χ2n) is 7.55. The molecule has 0 saturated heterocycles. The molecule has 0 spiro atoms. The molecule has 5 nitrogen and oxygen atoms in total. The molecule has 0 bridgehead atoms. The van der Waals surface area contributed by atoms with E-state index in [0.717, 1.165) is 5.56 Å². The first-order chi connectivity index (χ1) is 15.1. The fourth-order valence-electron chi connectivity index (χ4n) is 3.24. The molecular formula is C26H31IN4O. The summed E-state index contributed by atoms with van der Waals surface area (Å²) in [6.07, 6.45) is 0. The largest absolute Gasteiger partial charge is 0.355 e. The van der Waals surface area contributed by atoms with Crippen LogP contribution >= 0.6 is 24.0 Å². The number of benzene rings is 3. The predicted octanol–water partition coefficient (Wildman–Crippen LogP) is 4.26. The standard InChI is InChI=1S/C26H30N4O.HI/c1-30(2)25(31)20-29-26(27-18-21-12-6-3-7-13-21)28-19-24(22-14-8-4-9-15-22)23-16-10-5-11-17-23;/h3-17,24H,18-20H2,1-2H3,(H2,27,28,29);1H. The molecule has 3 aromatic carbocycles. The lowest BCUT2D eigenvalue weighted by atomic mass is 9.91. The van der Waals surface area contributed by atoms with Gasteiger partial charge in [-0.15, -0.1) is 24.0 Å². The maximum Gasteiger partial charge on any atom is 0.241 e. The van der Waals surface area contributed by atoms with Crippen LogP contribution in [0.15, 0.2) is 96.0 Å². The Kier molecular flexibility index (Phi) is 10.7. The zero-order valence-corrected chi connectivity index (χ0v) is 20.9. The summed E-state index contributed by atoms with van der Waals surface area (Å²) < 4.78 is 0. The lowest BCUT2D eigenvalue weighted by molar-refractivity contribution is -0.127. The molecule has 0 aliphatic carbocycles. The lowest BCUT2D eigenvalue weighted by Gasteiger charge is -2.21. The zero-order valence-electron chi connectivity index (χ0n) is 18.6. The van der Waals surface area contributed by atoms with E-state index in [0.29, 0.717) is 19.0 Å². The number of rotatable bonds is 8. The summed E-state index contributed by atoms with van der Waals surface area (Å²) in [5.41, 5.74) is 3.58. The van der Waals surface area contributed by atoms with Gasteiger partial charge in [0.1, 0.15) is 0 Å². The highest BCUT2D eigenvalue weighted by atomic mass is 127. The second-order valence-corrected chi connectivity index (χ2v) is 7.55. The first kappa shape index (κ1) is 25.4. The van der Waals surface area contributed by atoms with E-state index < -0.39 is 0 Å². The van der Waals surface area contributed by atoms with Crippen molar-refractivity contribution in [2.75, 3.05) is 27.2 Å². The van der Waals surface area contributed by atoms with E-state index in [1.807, 2.05) is 42.5 Å². The molecule has 32 heavy (non-hydrogen) atoms. The van der Waals surface area contributed by atoms with Crippen LogP contribution in [0.3, 0.4) is 0 Å². The normalized spacial score (nSPS) is 10.9. The SMILES string of the molecule is CN(C)C(=O)CNC(=NCc1ccccc1)NCC(c1ccccc1)c1ccccc1.I. The van der Waals surface area contributed by atoms with Crippen molar-refractivity contribution in [3.8, 4) is 0 Å². The van der Waals surface area contributed by atoms with E-state index in [2.05, 4.69) is 59.2 Å². The van der Waals surface area contributed by atoms with E-state index >= 15 is 0 Å². The number of hydrogen-bond donors (Lipinski definition) is 2. The molecule has 0 saturated carbocycles. The lowest BCUT2D eigenvalue weighted by Crippen LogP contribution is -2.44. The minimum atomic E-state index is -0.00289. The highest BCUT2D eigenvalue weighted by Gasteiger charge is 2.15. The van der Waals surface area contributed by atoms with Crippen molar-refractivity contribution >= 4 is 35.8 Å². The van der Waals surface area contributed by atoms with Gasteiger partial charge in [0, 0.05) is 26.6 Å². The Bertz CT molecular complexity index is 923. The minimum Gasteiger partial charge on any atom is -0.355 e. The van der Waals surface area contributed by atoms with Gasteiger partial charge in [-0.2, -0.15) is 0 Å². The highest BCUT2D eigenvalue weighted by molar-refractivity contribution is 14.0. The topological polar surface area (TPSA) is 56.7 Å². The van der Waals surface area contributed by atoms with Crippen molar-refractivity contribution in [3.63, 3.8) is 0 Å². The number of likely N-dealkylation sites (N-methyl/N-ethyl adjacent to an activating group) is 1. The van der Waals surface area contributed by atoms with Gasteiger partial charge < -0.3 is 15.5 Å². The molecular weight excluding hydrogens is 511 g/mol. The van der Waals surface area contributed by atoms with Gasteiger partial charge in [-0.3, -0.25) is 4.79 Å². The van der Waals surface area contributed by atoms with Crippen LogP contribution in [-0.4, -0.2) is 44.0 Å². The maximum absolute atomic E-state index is 12.1. The quantitative estimate of drug-likeness (QED) is 0.254. The van der Waals surface area contributed by atoms with Crippen LogP contribution in [0.5, 0.6) is 0 Å². The number of nitrogens with one attached hydrogen (secondary N) is 2. The molecule has 168 valence electrons. The Morgan fingerprint density at radius 2 is 1.31 bits per heavy atom. The molecule has 3 rings (SSSR count). The molecule has 6 heteroatoms. The Labute approximate surface area is 208 Å². The van der Waals surface area contributed by atoms with Gasteiger partial charge in [0.25, 0.3) is 0 Å². The number of carbonyl (C=O) groups is 1. The molecule has 2 N–H and O–H groups in total. The van der Waals surface area contributed by atoms with E-state index in [1.165, 1.54) is 11.1 Å². The maximum atomic E-state index is 12.1. The molecule has 1 amide bonds. The van der Waals surface area contributed by atoms with Crippen molar-refractivity contribution in [2.45, 2.75) is 12.5 Å². The number of nitrogens with zero attached hydrogens (tertiary/aromatic N) is 2. The van der Waals surface area contributed by atoms with Gasteiger partial charge >= 0.3 is 0 Å². The Hall–Kier alpha value is -2.87. The van der Waals surface area contributed by atoms with Gasteiger partial charge in [-0.05, 0) is 16.7 Å². The van der Waals surface area contributed by atoms with Crippen molar-refractivity contribution in [3.05, 3.63) is 108 Å². The number of carbonyl (C=O) groups excluding carboxylic acids is 1. The molecule has 0 aliphatic heterocycles. The molecule has 0 unspecified atom stereocenters. The van der Waals surface area contributed by atoms with E-state index in [1.54, 1.807) is 19.0 Å². The number of halogens is 1. The zero-order chi connectivity index (χ0) is 21.9. The van der Waals surface area contributed by atoms with Crippen LogP contribution in [0.2, 0.25) is 0 Å². The molecule has 0 atom stereocenters. The highest BCUT2D eigenvalue weighted by Crippen LogP contribution is 2.23. The number of guanidine groups is 1. The van der Waals surface area contributed by atoms with E-state index in [-0.39, 0.29) is 42.3 Å². The van der Waals surface area contributed by atoms with E-state index in [4.69, 9.17) is 4.99 Å². The third kappa shape index (κ3) is 8.00. The summed E-state index contributed by atoms with van der Waals surface area (Å²) in [6, 6.07) is 30.9. The molecule has 0 fully saturated rings. The van der Waals surface area contributed by atoms with Gasteiger partial charge in [0.2, 0.25) is 5.91 Å². The number of amides is 1. The van der Waals surface area contributed by atoms with Crippen LogP contribution in [0.4, 0.5) is 0 Å². The third-order valence-electron chi connectivity index (χ3n) is 5.05. The summed E-state index contributed by atoms with van der Waals surface area (Å²) in [4.78, 5) is 18.4. The van der Waals surface area contributed by atoms with Crippen LogP contribution < -0.4 is 10.6 Å². The van der Waals surface area contributed by atoms with Crippen molar-refractivity contribution in [1.82, 2.24) is 15.5 Å². The molecule has 0 aliphatic rings. The predicted molar refractivity (Wildman–Crippen MR) is 142 cm³/mol. The summed E-state index contributed by atoms with van der Waals surface area (Å²) >= 11 is 0. The minimum absolute atomic E-state index is 0. The molecule has 0 radical (unpaired) electrons. The van der Waals surface area contributed by atoms with Crippen molar-refractivity contribution in [1.29, 1.82) is 0 Å². The van der Waals surface area contributed by atoms with Gasteiger partial charge in [-0.1, -0.05) is 91.0 Å². The van der Waals surface area contributed by atoms with Gasteiger partial charge in [-0.25, -0.2) is 4.99 Å². The van der Waals surface area contributed by atoms with Crippen LogP contribution in [-0.2, 0) is 11.3 Å². The van der Waals surface area contributed by atoms with Crippen LogP contribution in [0, 0.1) is 0 Å². The van der Waals surface area contributed by atoms with Gasteiger partial charge in [0.05, 0.1) is 13.1 Å². The smallest absolute Gasteiger partial charge is 0.241 e. The molecule has 0 aromatic heterocycles. The first-order valence-corrected chi connectivity index (χ1v) is 10.5. The second kappa shape index (κ2) is 13.5. The summed E-state index contributed by atoms with van der Waals surface area (Å²) in [5, 5.41) is 6.63. The molecule has 0 heterocycles. The Morgan fingerprint density at radius 3 is 1.81 bits per heavy atom. The Balaban J connectivity index is 0.00000363. The van der Waals surface area contributed by atoms with E-state index in [9.17, 15) is 4.79 Å². The first-order valence-electron chi connectivity index (χ1n) is 10.5. The summed E-state index contributed by atoms with van der Waals surface area (Å²) in [5.74, 6) is 0.781. The van der Waals surface area contributed by atoms with Crippen molar-refractivity contribution < 1.29 is 4.79 Å². The Morgan fingerprint density at radius 1 is 0.812 bits per heavy atom. The van der Waals surface area contributed by atoms with Crippen molar-refractivity contribution in [2.24, 2.45) is 4.99 Å². The fourth-order valence-corrected chi connectivity index (χ4v) is 3.24. The number of aliphatic imine (C=N–C) groups is 1. The molecule has 3 aromatic rings. The van der Waals surface area contributed by atoms with Crippen LogP contribution in [0.25, 0.3) is 0 Å². The summed E-state index contributed by atoms with van der Waals surface area (Å²) in [6.45, 7) is 1.38. The van der Waals surface area contributed by atoms with Gasteiger partial charge in [0.15, 0.2) is 5.96 Å². The summed E-state index contributed by atoms with van der Waals surface area (Å²) in [7, 11) is 3.50. The number of hydrogen-bond acceptors (Lipinski definition) is 2. The monoisotopic (exact) mass is 542 g/mol.